The fraction of sp³-hybridized carbons (Fsp3) is 0.500. The van der Waals surface area contributed by atoms with E-state index in [1.165, 1.54) is 11.1 Å². The number of nitrogens with one attached hydrogen (secondary N) is 1. The average molecular weight is 404 g/mol. The predicted octanol–water partition coefficient (Wildman–Crippen LogP) is 3.02. The Labute approximate surface area is 177 Å². The standard InChI is InChI=1S/C24H29N5O/c25-22-15-24(21-4-2-1-3-20(21)22)8-13-29(14-9-24)23(30)19-6-11-28(12-7-19)17-18-5-10-26-27-16-18/h1-5,10,16,19,25H,6-9,11-15,17H2. The zero-order valence-corrected chi connectivity index (χ0v) is 17.4. The molecule has 2 aromatic rings. The largest absolute Gasteiger partial charge is 0.342 e. The summed E-state index contributed by atoms with van der Waals surface area (Å²) in [6.07, 6.45) is 8.22. The second-order valence-electron chi connectivity index (χ2n) is 9.11. The lowest BCUT2D eigenvalue weighted by atomic mass is 9.73. The van der Waals surface area contributed by atoms with Crippen molar-refractivity contribution in [2.45, 2.75) is 44.1 Å². The Morgan fingerprint density at radius 2 is 1.83 bits per heavy atom. The third kappa shape index (κ3) is 3.54. The summed E-state index contributed by atoms with van der Waals surface area (Å²) in [6, 6.07) is 10.4. The van der Waals surface area contributed by atoms with Crippen LogP contribution in [0.5, 0.6) is 0 Å². The molecule has 1 amide bonds. The molecule has 2 fully saturated rings. The zero-order chi connectivity index (χ0) is 20.6. The molecule has 1 aromatic carbocycles. The number of carbonyl (C=O) groups excluding carboxylic acids is 1. The van der Waals surface area contributed by atoms with E-state index < -0.39 is 0 Å². The van der Waals surface area contributed by atoms with Gasteiger partial charge in [0.15, 0.2) is 0 Å². The van der Waals surface area contributed by atoms with Gasteiger partial charge in [-0.05, 0) is 68.0 Å². The maximum atomic E-state index is 13.2. The summed E-state index contributed by atoms with van der Waals surface area (Å²) >= 11 is 0. The molecule has 6 heteroatoms. The SMILES string of the molecule is N=C1CC2(CCN(C(=O)C3CCN(Cc4ccnnc4)CC3)CC2)c2ccccc21. The molecule has 6 nitrogen and oxygen atoms in total. The molecule has 2 aliphatic heterocycles. The lowest BCUT2D eigenvalue weighted by Gasteiger charge is -2.42. The van der Waals surface area contributed by atoms with Crippen molar-refractivity contribution in [3.8, 4) is 0 Å². The van der Waals surface area contributed by atoms with Gasteiger partial charge in [-0.15, -0.1) is 0 Å². The summed E-state index contributed by atoms with van der Waals surface area (Å²) in [5.74, 6) is 0.497. The minimum absolute atomic E-state index is 0.0758. The quantitative estimate of drug-likeness (QED) is 0.855. The third-order valence-corrected chi connectivity index (χ3v) is 7.36. The normalized spacial score (nSPS) is 21.7. The van der Waals surface area contributed by atoms with Gasteiger partial charge < -0.3 is 10.3 Å². The van der Waals surface area contributed by atoms with Gasteiger partial charge >= 0.3 is 0 Å². The number of amides is 1. The molecule has 0 unspecified atom stereocenters. The van der Waals surface area contributed by atoms with Gasteiger partial charge in [0, 0.05) is 42.9 Å². The van der Waals surface area contributed by atoms with Crippen LogP contribution in [-0.4, -0.2) is 57.8 Å². The van der Waals surface area contributed by atoms with Crippen LogP contribution < -0.4 is 0 Å². The van der Waals surface area contributed by atoms with E-state index in [0.717, 1.165) is 76.1 Å². The van der Waals surface area contributed by atoms with Gasteiger partial charge in [0.05, 0.1) is 6.20 Å². The molecule has 1 aliphatic carbocycles. The first-order valence-electron chi connectivity index (χ1n) is 11.1. The molecule has 156 valence electrons. The fourth-order valence-electron chi connectivity index (χ4n) is 5.60. The van der Waals surface area contributed by atoms with Crippen LogP contribution in [0.2, 0.25) is 0 Å². The molecular weight excluding hydrogens is 374 g/mol. The Kier molecular flexibility index (Phi) is 5.11. The number of hydrogen-bond acceptors (Lipinski definition) is 5. The Morgan fingerprint density at radius 3 is 2.57 bits per heavy atom. The summed E-state index contributed by atoms with van der Waals surface area (Å²) in [4.78, 5) is 17.7. The molecule has 1 N–H and O–H groups in total. The molecule has 5 rings (SSSR count). The van der Waals surface area contributed by atoms with Crippen molar-refractivity contribution < 1.29 is 4.79 Å². The van der Waals surface area contributed by atoms with Crippen LogP contribution in [0.4, 0.5) is 0 Å². The lowest BCUT2D eigenvalue weighted by Crippen LogP contribution is -2.48. The summed E-state index contributed by atoms with van der Waals surface area (Å²) < 4.78 is 0. The van der Waals surface area contributed by atoms with Gasteiger partial charge in [0.1, 0.15) is 0 Å². The van der Waals surface area contributed by atoms with Crippen molar-refractivity contribution in [1.82, 2.24) is 20.0 Å². The van der Waals surface area contributed by atoms with Crippen LogP contribution in [0.3, 0.4) is 0 Å². The molecule has 2 saturated heterocycles. The molecule has 30 heavy (non-hydrogen) atoms. The number of likely N-dealkylation sites (tertiary alicyclic amines) is 2. The molecule has 3 heterocycles. The van der Waals surface area contributed by atoms with Crippen molar-refractivity contribution in [2.24, 2.45) is 5.92 Å². The van der Waals surface area contributed by atoms with Crippen molar-refractivity contribution >= 4 is 11.6 Å². The van der Waals surface area contributed by atoms with Gasteiger partial charge in [-0.25, -0.2) is 0 Å². The van der Waals surface area contributed by atoms with E-state index in [-0.39, 0.29) is 11.3 Å². The maximum absolute atomic E-state index is 13.2. The zero-order valence-electron chi connectivity index (χ0n) is 17.4. The van der Waals surface area contributed by atoms with Gasteiger partial charge in [-0.3, -0.25) is 9.69 Å². The molecule has 0 radical (unpaired) electrons. The Balaban J connectivity index is 1.16. The van der Waals surface area contributed by atoms with E-state index in [4.69, 9.17) is 5.41 Å². The summed E-state index contributed by atoms with van der Waals surface area (Å²) in [6.45, 7) is 4.45. The molecule has 1 aromatic heterocycles. The van der Waals surface area contributed by atoms with Crippen LogP contribution in [0.15, 0.2) is 42.7 Å². The molecular formula is C24H29N5O. The Morgan fingerprint density at radius 1 is 1.07 bits per heavy atom. The smallest absolute Gasteiger partial charge is 0.225 e. The van der Waals surface area contributed by atoms with E-state index in [1.807, 2.05) is 18.3 Å². The second kappa shape index (κ2) is 7.91. The van der Waals surface area contributed by atoms with Crippen molar-refractivity contribution in [3.05, 3.63) is 59.4 Å². The second-order valence-corrected chi connectivity index (χ2v) is 9.11. The third-order valence-electron chi connectivity index (χ3n) is 7.36. The molecule has 1 spiro atoms. The fourth-order valence-corrected chi connectivity index (χ4v) is 5.60. The highest BCUT2D eigenvalue weighted by Crippen LogP contribution is 2.46. The van der Waals surface area contributed by atoms with Crippen LogP contribution >= 0.6 is 0 Å². The highest BCUT2D eigenvalue weighted by atomic mass is 16.2. The number of benzene rings is 1. The Hall–Kier alpha value is -2.60. The highest BCUT2D eigenvalue weighted by Gasteiger charge is 2.44. The van der Waals surface area contributed by atoms with Crippen LogP contribution in [-0.2, 0) is 16.8 Å². The number of piperidine rings is 2. The maximum Gasteiger partial charge on any atom is 0.225 e. The van der Waals surface area contributed by atoms with Gasteiger partial charge in [-0.2, -0.15) is 10.2 Å². The number of hydrogen-bond donors (Lipinski definition) is 1. The summed E-state index contributed by atoms with van der Waals surface area (Å²) in [7, 11) is 0. The number of carbonyl (C=O) groups is 1. The first kappa shape index (κ1) is 19.4. The van der Waals surface area contributed by atoms with Gasteiger partial charge in [0.25, 0.3) is 0 Å². The number of nitrogens with zero attached hydrogens (tertiary/aromatic N) is 4. The summed E-state index contributed by atoms with van der Waals surface area (Å²) in [5, 5.41) is 16.2. The first-order chi connectivity index (χ1) is 14.6. The predicted molar refractivity (Wildman–Crippen MR) is 115 cm³/mol. The van der Waals surface area contributed by atoms with E-state index in [1.54, 1.807) is 6.20 Å². The monoisotopic (exact) mass is 403 g/mol. The average Bonchev–Trinajstić information content (AvgIpc) is 3.07. The van der Waals surface area contributed by atoms with E-state index in [9.17, 15) is 4.79 Å². The van der Waals surface area contributed by atoms with Crippen LogP contribution in [0, 0.1) is 11.3 Å². The van der Waals surface area contributed by atoms with E-state index in [2.05, 4.69) is 38.2 Å². The Bertz CT molecular complexity index is 928. The minimum atomic E-state index is 0.0758. The van der Waals surface area contributed by atoms with Crippen molar-refractivity contribution in [1.29, 1.82) is 5.41 Å². The molecule has 0 atom stereocenters. The summed E-state index contributed by atoms with van der Waals surface area (Å²) in [5.41, 5.74) is 4.47. The topological polar surface area (TPSA) is 73.2 Å². The van der Waals surface area contributed by atoms with Crippen molar-refractivity contribution in [3.63, 3.8) is 0 Å². The minimum Gasteiger partial charge on any atom is -0.342 e. The highest BCUT2D eigenvalue weighted by molar-refractivity contribution is 6.04. The lowest BCUT2D eigenvalue weighted by molar-refractivity contribution is -0.138. The molecule has 0 saturated carbocycles. The number of rotatable bonds is 3. The van der Waals surface area contributed by atoms with Crippen LogP contribution in [0.25, 0.3) is 0 Å². The first-order valence-corrected chi connectivity index (χ1v) is 11.1. The van der Waals surface area contributed by atoms with Gasteiger partial charge in [0.2, 0.25) is 5.91 Å². The molecule has 3 aliphatic rings. The molecule has 0 bridgehead atoms. The van der Waals surface area contributed by atoms with E-state index in [0.29, 0.717) is 5.91 Å². The number of aromatic nitrogens is 2. The van der Waals surface area contributed by atoms with Crippen LogP contribution in [0.1, 0.15) is 48.8 Å². The van der Waals surface area contributed by atoms with Gasteiger partial charge in [-0.1, -0.05) is 24.3 Å². The van der Waals surface area contributed by atoms with Crippen molar-refractivity contribution in [2.75, 3.05) is 26.2 Å². The number of fused-ring (bicyclic) bond motifs is 2. The van der Waals surface area contributed by atoms with E-state index >= 15 is 0 Å².